The molecule has 0 aliphatic carbocycles. The molecule has 0 radical (unpaired) electrons. The molecule has 1 unspecified atom stereocenters. The van der Waals surface area contributed by atoms with Gasteiger partial charge in [-0.25, -0.2) is 0 Å². The van der Waals surface area contributed by atoms with Crippen molar-refractivity contribution in [2.24, 2.45) is 0 Å². The molecule has 1 aromatic carbocycles. The molecule has 2 rings (SSSR count). The van der Waals surface area contributed by atoms with Gasteiger partial charge in [-0.1, -0.05) is 31.0 Å². The number of piperidine rings is 1. The molecule has 0 amide bonds. The maximum Gasteiger partial charge on any atom is 0.0992 e. The zero-order valence-corrected chi connectivity index (χ0v) is 12.8. The van der Waals surface area contributed by atoms with Gasteiger partial charge in [0, 0.05) is 24.2 Å². The molecule has 0 aromatic heterocycles. The van der Waals surface area contributed by atoms with Crippen molar-refractivity contribution in [1.82, 2.24) is 10.2 Å². The average molecular weight is 292 g/mol. The fraction of sp³-hybridized carbons (Fsp3) is 0.562. The Morgan fingerprint density at radius 3 is 3.00 bits per heavy atom. The Morgan fingerprint density at radius 1 is 1.45 bits per heavy atom. The van der Waals surface area contributed by atoms with Crippen LogP contribution in [0.5, 0.6) is 0 Å². The summed E-state index contributed by atoms with van der Waals surface area (Å²) in [7, 11) is 0. The van der Waals surface area contributed by atoms with E-state index in [4.69, 9.17) is 16.9 Å². The fourth-order valence-electron chi connectivity index (χ4n) is 2.77. The van der Waals surface area contributed by atoms with Gasteiger partial charge in [0.15, 0.2) is 0 Å². The number of hydrogen-bond donors (Lipinski definition) is 1. The van der Waals surface area contributed by atoms with Crippen molar-refractivity contribution in [3.63, 3.8) is 0 Å². The van der Waals surface area contributed by atoms with Gasteiger partial charge < -0.3 is 5.32 Å². The normalized spacial score (nSPS) is 19.8. The van der Waals surface area contributed by atoms with Gasteiger partial charge in [-0.3, -0.25) is 4.90 Å². The van der Waals surface area contributed by atoms with Gasteiger partial charge >= 0.3 is 0 Å². The van der Waals surface area contributed by atoms with Crippen molar-refractivity contribution in [1.29, 1.82) is 5.26 Å². The molecule has 1 heterocycles. The number of nitriles is 1. The van der Waals surface area contributed by atoms with E-state index in [0.29, 0.717) is 16.6 Å². The second-order valence-electron chi connectivity index (χ2n) is 5.35. The Kier molecular flexibility index (Phi) is 5.85. The van der Waals surface area contributed by atoms with E-state index in [2.05, 4.69) is 23.2 Å². The topological polar surface area (TPSA) is 39.1 Å². The first-order valence-electron chi connectivity index (χ1n) is 7.38. The highest BCUT2D eigenvalue weighted by molar-refractivity contribution is 6.31. The van der Waals surface area contributed by atoms with Crippen LogP contribution in [0.3, 0.4) is 0 Å². The number of likely N-dealkylation sites (tertiary alicyclic amines) is 1. The third kappa shape index (κ3) is 3.96. The summed E-state index contributed by atoms with van der Waals surface area (Å²) in [6.45, 7) is 6.21. The van der Waals surface area contributed by atoms with Crippen LogP contribution >= 0.6 is 11.6 Å². The zero-order chi connectivity index (χ0) is 14.4. The van der Waals surface area contributed by atoms with Crippen LogP contribution in [-0.2, 0) is 6.54 Å². The predicted molar refractivity (Wildman–Crippen MR) is 82.8 cm³/mol. The van der Waals surface area contributed by atoms with Crippen molar-refractivity contribution in [3.05, 3.63) is 34.3 Å². The Balaban J connectivity index is 2.04. The summed E-state index contributed by atoms with van der Waals surface area (Å²) in [4.78, 5) is 2.51. The molecule has 1 aromatic rings. The summed E-state index contributed by atoms with van der Waals surface area (Å²) in [5.41, 5.74) is 1.75. The minimum atomic E-state index is 0.593. The summed E-state index contributed by atoms with van der Waals surface area (Å²) in [6.07, 6.45) is 3.82. The number of hydrogen-bond acceptors (Lipinski definition) is 3. The van der Waals surface area contributed by atoms with Crippen LogP contribution in [0.1, 0.15) is 37.3 Å². The Morgan fingerprint density at radius 2 is 2.30 bits per heavy atom. The van der Waals surface area contributed by atoms with Crippen molar-refractivity contribution in [3.8, 4) is 6.07 Å². The molecular formula is C16H22ClN3. The van der Waals surface area contributed by atoms with Crippen LogP contribution in [0, 0.1) is 11.3 Å². The molecule has 1 N–H and O–H groups in total. The Labute approximate surface area is 126 Å². The zero-order valence-electron chi connectivity index (χ0n) is 12.0. The first-order valence-corrected chi connectivity index (χ1v) is 7.75. The lowest BCUT2D eigenvalue weighted by Gasteiger charge is -2.36. The first-order chi connectivity index (χ1) is 9.74. The number of rotatable bonds is 5. The SMILES string of the molecule is CCNCC1CCCCN1Cc1ccc(C#N)cc1Cl. The quantitative estimate of drug-likeness (QED) is 0.906. The molecule has 1 aliphatic rings. The van der Waals surface area contributed by atoms with Crippen LogP contribution in [0.25, 0.3) is 0 Å². The van der Waals surface area contributed by atoms with E-state index in [0.717, 1.165) is 31.7 Å². The van der Waals surface area contributed by atoms with E-state index in [1.165, 1.54) is 19.3 Å². The largest absolute Gasteiger partial charge is 0.315 e. The molecular weight excluding hydrogens is 270 g/mol. The predicted octanol–water partition coefficient (Wildman–Crippen LogP) is 3.18. The molecule has 1 saturated heterocycles. The van der Waals surface area contributed by atoms with E-state index in [9.17, 15) is 0 Å². The lowest BCUT2D eigenvalue weighted by molar-refractivity contribution is 0.138. The lowest BCUT2D eigenvalue weighted by Crippen LogP contribution is -2.44. The van der Waals surface area contributed by atoms with Gasteiger partial charge in [-0.15, -0.1) is 0 Å². The summed E-state index contributed by atoms with van der Waals surface area (Å²) in [5, 5.41) is 13.0. The standard InChI is InChI=1S/C16H22ClN3/c1-2-19-11-15-5-3-4-8-20(15)12-14-7-6-13(10-18)9-16(14)17/h6-7,9,15,19H,2-5,8,11-12H2,1H3. The van der Waals surface area contributed by atoms with Gasteiger partial charge in [0.25, 0.3) is 0 Å². The fourth-order valence-corrected chi connectivity index (χ4v) is 3.01. The van der Waals surface area contributed by atoms with E-state index >= 15 is 0 Å². The van der Waals surface area contributed by atoms with Gasteiger partial charge in [0.1, 0.15) is 0 Å². The molecule has 0 saturated carbocycles. The summed E-state index contributed by atoms with van der Waals surface area (Å²) in [5.74, 6) is 0. The number of likely N-dealkylation sites (N-methyl/N-ethyl adjacent to an activating group) is 1. The highest BCUT2D eigenvalue weighted by Gasteiger charge is 2.22. The van der Waals surface area contributed by atoms with Gasteiger partial charge in [-0.05, 0) is 43.6 Å². The number of halogens is 1. The van der Waals surface area contributed by atoms with Crippen molar-refractivity contribution in [2.75, 3.05) is 19.6 Å². The third-order valence-corrected chi connectivity index (χ3v) is 4.29. The molecule has 1 aliphatic heterocycles. The van der Waals surface area contributed by atoms with E-state index in [1.54, 1.807) is 6.07 Å². The van der Waals surface area contributed by atoms with Crippen molar-refractivity contribution >= 4 is 11.6 Å². The van der Waals surface area contributed by atoms with Crippen LogP contribution in [-0.4, -0.2) is 30.6 Å². The molecule has 1 fully saturated rings. The summed E-state index contributed by atoms with van der Waals surface area (Å²) < 4.78 is 0. The Bertz CT molecular complexity index is 481. The first kappa shape index (κ1) is 15.3. The highest BCUT2D eigenvalue weighted by atomic mass is 35.5. The molecule has 108 valence electrons. The van der Waals surface area contributed by atoms with E-state index in [1.807, 2.05) is 12.1 Å². The maximum absolute atomic E-state index is 8.89. The average Bonchev–Trinajstić information content (AvgIpc) is 2.48. The third-order valence-electron chi connectivity index (χ3n) is 3.93. The van der Waals surface area contributed by atoms with E-state index < -0.39 is 0 Å². The Hall–Kier alpha value is -1.08. The van der Waals surface area contributed by atoms with Gasteiger partial charge in [-0.2, -0.15) is 5.26 Å². The number of nitrogens with zero attached hydrogens (tertiary/aromatic N) is 2. The van der Waals surface area contributed by atoms with Crippen LogP contribution in [0.15, 0.2) is 18.2 Å². The molecule has 1 atom stereocenters. The molecule has 20 heavy (non-hydrogen) atoms. The molecule has 0 bridgehead atoms. The summed E-state index contributed by atoms with van der Waals surface area (Å²) >= 11 is 6.29. The van der Waals surface area contributed by atoms with Crippen LogP contribution in [0.4, 0.5) is 0 Å². The van der Waals surface area contributed by atoms with Gasteiger partial charge in [0.2, 0.25) is 0 Å². The summed E-state index contributed by atoms with van der Waals surface area (Å²) in [6, 6.07) is 8.32. The van der Waals surface area contributed by atoms with Crippen molar-refractivity contribution in [2.45, 2.75) is 38.8 Å². The van der Waals surface area contributed by atoms with Crippen molar-refractivity contribution < 1.29 is 0 Å². The van der Waals surface area contributed by atoms with Gasteiger partial charge in [0.05, 0.1) is 11.6 Å². The minimum Gasteiger partial charge on any atom is -0.315 e. The number of nitrogens with one attached hydrogen (secondary N) is 1. The highest BCUT2D eigenvalue weighted by Crippen LogP contribution is 2.24. The van der Waals surface area contributed by atoms with E-state index in [-0.39, 0.29) is 0 Å². The second kappa shape index (κ2) is 7.64. The molecule has 4 heteroatoms. The molecule has 0 spiro atoms. The maximum atomic E-state index is 8.89. The second-order valence-corrected chi connectivity index (χ2v) is 5.75. The monoisotopic (exact) mass is 291 g/mol. The lowest BCUT2D eigenvalue weighted by atomic mass is 10.0. The van der Waals surface area contributed by atoms with Crippen LogP contribution in [0.2, 0.25) is 5.02 Å². The molecule has 3 nitrogen and oxygen atoms in total. The minimum absolute atomic E-state index is 0.593. The number of benzene rings is 1. The smallest absolute Gasteiger partial charge is 0.0992 e. The van der Waals surface area contributed by atoms with Crippen LogP contribution < -0.4 is 5.32 Å².